The van der Waals surface area contributed by atoms with Crippen LogP contribution in [0.3, 0.4) is 0 Å². The van der Waals surface area contributed by atoms with E-state index >= 15 is 0 Å². The number of nitrogens with one attached hydrogen (secondary N) is 2. The molecule has 0 atom stereocenters. The van der Waals surface area contributed by atoms with E-state index in [2.05, 4.69) is 29.4 Å². The van der Waals surface area contributed by atoms with E-state index in [1.807, 2.05) is 56.3 Å². The molecule has 1 heterocycles. The lowest BCUT2D eigenvalue weighted by molar-refractivity contribution is -0.116. The number of fused-ring (bicyclic) bond motifs is 1. The predicted octanol–water partition coefficient (Wildman–Crippen LogP) is 6.08. The van der Waals surface area contributed by atoms with Crippen molar-refractivity contribution in [3.63, 3.8) is 0 Å². The smallest absolute Gasteiger partial charge is 0.224 e. The highest BCUT2D eigenvalue weighted by molar-refractivity contribution is 6.31. The highest BCUT2D eigenvalue weighted by Gasteiger charge is 2.11. The van der Waals surface area contributed by atoms with Crippen LogP contribution in [0, 0.1) is 5.92 Å². The van der Waals surface area contributed by atoms with Crippen molar-refractivity contribution in [2.24, 2.45) is 5.92 Å². The van der Waals surface area contributed by atoms with Gasteiger partial charge in [0.15, 0.2) is 5.82 Å². The standard InChI is InChI=1S/C26H34ClN5O/c1-5-32(6-2)15-7-14-28-26-22-13-10-20(27)17-23(22)30-25(31-26)19-8-11-21(12-9-19)29-24(33)16-18(3)4/h8-13,17-18H,5-7,14-16H2,1-4H3,(H,29,33)(H,28,30,31). The van der Waals surface area contributed by atoms with Crippen molar-refractivity contribution in [2.45, 2.75) is 40.5 Å². The summed E-state index contributed by atoms with van der Waals surface area (Å²) in [6.07, 6.45) is 1.53. The zero-order chi connectivity index (χ0) is 23.8. The molecule has 0 unspecified atom stereocenters. The molecule has 1 amide bonds. The van der Waals surface area contributed by atoms with Gasteiger partial charge in [-0.25, -0.2) is 9.97 Å². The molecule has 1 aromatic heterocycles. The highest BCUT2D eigenvalue weighted by atomic mass is 35.5. The zero-order valence-electron chi connectivity index (χ0n) is 20.0. The average Bonchev–Trinajstić information content (AvgIpc) is 2.78. The maximum atomic E-state index is 12.0. The Bertz CT molecular complexity index is 1060. The average molecular weight is 468 g/mol. The minimum Gasteiger partial charge on any atom is -0.369 e. The quantitative estimate of drug-likeness (QED) is 0.334. The van der Waals surface area contributed by atoms with Gasteiger partial charge in [-0.15, -0.1) is 0 Å². The Balaban J connectivity index is 1.80. The molecular weight excluding hydrogens is 434 g/mol. The minimum absolute atomic E-state index is 0.0190. The van der Waals surface area contributed by atoms with Crippen molar-refractivity contribution in [3.8, 4) is 11.4 Å². The number of rotatable bonds is 11. The fourth-order valence-corrected chi connectivity index (χ4v) is 3.87. The molecular formula is C26H34ClN5O. The summed E-state index contributed by atoms with van der Waals surface area (Å²) in [5.41, 5.74) is 2.45. The van der Waals surface area contributed by atoms with Gasteiger partial charge in [0.2, 0.25) is 5.91 Å². The topological polar surface area (TPSA) is 70.2 Å². The summed E-state index contributed by atoms with van der Waals surface area (Å²) >= 11 is 6.24. The van der Waals surface area contributed by atoms with Gasteiger partial charge in [-0.3, -0.25) is 4.79 Å². The van der Waals surface area contributed by atoms with E-state index in [0.29, 0.717) is 23.2 Å². The zero-order valence-corrected chi connectivity index (χ0v) is 20.7. The molecule has 2 N–H and O–H groups in total. The number of anilines is 2. The summed E-state index contributed by atoms with van der Waals surface area (Å²) < 4.78 is 0. The van der Waals surface area contributed by atoms with Crippen LogP contribution < -0.4 is 10.6 Å². The molecule has 6 nitrogen and oxygen atoms in total. The number of amides is 1. The Morgan fingerprint density at radius 1 is 1.06 bits per heavy atom. The van der Waals surface area contributed by atoms with Gasteiger partial charge in [0.05, 0.1) is 5.52 Å². The van der Waals surface area contributed by atoms with Gasteiger partial charge in [0.1, 0.15) is 5.82 Å². The third-order valence-electron chi connectivity index (χ3n) is 5.52. The molecule has 0 aliphatic heterocycles. The Morgan fingerprint density at radius 3 is 2.45 bits per heavy atom. The van der Waals surface area contributed by atoms with Crippen molar-refractivity contribution in [1.29, 1.82) is 0 Å². The first-order valence-electron chi connectivity index (χ1n) is 11.7. The van der Waals surface area contributed by atoms with Crippen molar-refractivity contribution in [2.75, 3.05) is 36.8 Å². The Morgan fingerprint density at radius 2 is 1.79 bits per heavy atom. The normalized spacial score (nSPS) is 11.4. The molecule has 2 aromatic carbocycles. The van der Waals surface area contributed by atoms with Crippen LogP contribution in [-0.4, -0.2) is 47.0 Å². The first-order valence-corrected chi connectivity index (χ1v) is 12.1. The van der Waals surface area contributed by atoms with Crippen LogP contribution in [0.1, 0.15) is 40.5 Å². The third kappa shape index (κ3) is 7.14. The molecule has 0 fully saturated rings. The number of carbonyl (C=O) groups excluding carboxylic acids is 1. The Labute approximate surface area is 201 Å². The van der Waals surface area contributed by atoms with Gasteiger partial charge < -0.3 is 15.5 Å². The number of hydrogen-bond donors (Lipinski definition) is 2. The summed E-state index contributed by atoms with van der Waals surface area (Å²) in [6.45, 7) is 12.4. The van der Waals surface area contributed by atoms with E-state index in [9.17, 15) is 4.79 Å². The van der Waals surface area contributed by atoms with Gasteiger partial charge in [0, 0.05) is 34.6 Å². The molecule has 176 valence electrons. The Hall–Kier alpha value is -2.70. The first-order chi connectivity index (χ1) is 15.9. The lowest BCUT2D eigenvalue weighted by atomic mass is 10.1. The van der Waals surface area contributed by atoms with Gasteiger partial charge in [-0.1, -0.05) is 39.3 Å². The first kappa shape index (κ1) is 24.9. The maximum absolute atomic E-state index is 12.0. The van der Waals surface area contributed by atoms with E-state index in [1.54, 1.807) is 0 Å². The third-order valence-corrected chi connectivity index (χ3v) is 5.75. The molecule has 7 heteroatoms. The molecule has 0 saturated heterocycles. The van der Waals surface area contributed by atoms with Crippen LogP contribution in [0.4, 0.5) is 11.5 Å². The number of carbonyl (C=O) groups is 1. The summed E-state index contributed by atoms with van der Waals surface area (Å²) in [6, 6.07) is 13.3. The van der Waals surface area contributed by atoms with E-state index in [0.717, 1.165) is 60.6 Å². The fraction of sp³-hybridized carbons (Fsp3) is 0.423. The minimum atomic E-state index is 0.0190. The monoisotopic (exact) mass is 467 g/mol. The molecule has 0 spiro atoms. The second kappa shape index (κ2) is 12.0. The van der Waals surface area contributed by atoms with Crippen LogP contribution in [-0.2, 0) is 4.79 Å². The van der Waals surface area contributed by atoms with Gasteiger partial charge >= 0.3 is 0 Å². The summed E-state index contributed by atoms with van der Waals surface area (Å²) in [5.74, 6) is 1.77. The van der Waals surface area contributed by atoms with E-state index in [-0.39, 0.29) is 5.91 Å². The summed E-state index contributed by atoms with van der Waals surface area (Å²) in [5, 5.41) is 8.03. The van der Waals surface area contributed by atoms with Crippen molar-refractivity contribution in [1.82, 2.24) is 14.9 Å². The molecule has 3 rings (SSSR count). The van der Waals surface area contributed by atoms with E-state index in [4.69, 9.17) is 21.6 Å². The lowest BCUT2D eigenvalue weighted by Crippen LogP contribution is -2.25. The number of halogens is 1. The molecule has 0 radical (unpaired) electrons. The summed E-state index contributed by atoms with van der Waals surface area (Å²) in [4.78, 5) is 24.0. The van der Waals surface area contributed by atoms with E-state index < -0.39 is 0 Å². The largest absolute Gasteiger partial charge is 0.369 e. The van der Waals surface area contributed by atoms with Crippen LogP contribution >= 0.6 is 11.6 Å². The number of nitrogens with zero attached hydrogens (tertiary/aromatic N) is 3. The second-order valence-corrected chi connectivity index (χ2v) is 9.02. The van der Waals surface area contributed by atoms with Crippen LogP contribution in [0.25, 0.3) is 22.3 Å². The summed E-state index contributed by atoms with van der Waals surface area (Å²) in [7, 11) is 0. The van der Waals surface area contributed by atoms with E-state index in [1.165, 1.54) is 0 Å². The van der Waals surface area contributed by atoms with Crippen LogP contribution in [0.2, 0.25) is 5.02 Å². The number of hydrogen-bond acceptors (Lipinski definition) is 5. The molecule has 33 heavy (non-hydrogen) atoms. The number of benzene rings is 2. The van der Waals surface area contributed by atoms with Crippen LogP contribution in [0.5, 0.6) is 0 Å². The predicted molar refractivity (Wildman–Crippen MR) is 139 cm³/mol. The lowest BCUT2D eigenvalue weighted by Gasteiger charge is -2.18. The SMILES string of the molecule is CCN(CC)CCCNc1nc(-c2ccc(NC(=O)CC(C)C)cc2)nc2cc(Cl)ccc12. The number of aromatic nitrogens is 2. The second-order valence-electron chi connectivity index (χ2n) is 8.59. The van der Waals surface area contributed by atoms with Gasteiger partial charge in [0.25, 0.3) is 0 Å². The fourth-order valence-electron chi connectivity index (χ4n) is 3.70. The van der Waals surface area contributed by atoms with Crippen molar-refractivity contribution >= 4 is 39.9 Å². The molecule has 0 aliphatic carbocycles. The highest BCUT2D eigenvalue weighted by Crippen LogP contribution is 2.28. The van der Waals surface area contributed by atoms with Gasteiger partial charge in [-0.05, 0) is 74.4 Å². The molecule has 0 aliphatic rings. The van der Waals surface area contributed by atoms with Crippen LogP contribution in [0.15, 0.2) is 42.5 Å². The van der Waals surface area contributed by atoms with Crippen molar-refractivity contribution in [3.05, 3.63) is 47.5 Å². The molecule has 3 aromatic rings. The maximum Gasteiger partial charge on any atom is 0.224 e. The Kier molecular flexibility index (Phi) is 9.03. The van der Waals surface area contributed by atoms with Gasteiger partial charge in [-0.2, -0.15) is 0 Å². The molecule has 0 bridgehead atoms. The molecule has 0 saturated carbocycles. The van der Waals surface area contributed by atoms with Crippen molar-refractivity contribution < 1.29 is 4.79 Å².